The van der Waals surface area contributed by atoms with E-state index in [4.69, 9.17) is 0 Å². The standard InChI is InChI=1S/C21H23FN6S/c22-16-7-8-17-20(15-16)29-24-21(17)27-13-11-26(12-14-27)9-3-4-10-28-19-6-2-1-5-18(19)23-25-28/h1-2,5-8,15H,3-4,9-14H2. The van der Waals surface area contributed by atoms with Crippen molar-refractivity contribution in [1.82, 2.24) is 24.3 Å². The van der Waals surface area contributed by atoms with Gasteiger partial charge in [0.25, 0.3) is 0 Å². The van der Waals surface area contributed by atoms with Gasteiger partial charge in [0, 0.05) is 38.1 Å². The van der Waals surface area contributed by atoms with Crippen molar-refractivity contribution in [3.63, 3.8) is 0 Å². The molecule has 29 heavy (non-hydrogen) atoms. The summed E-state index contributed by atoms with van der Waals surface area (Å²) in [4.78, 5) is 4.85. The fraction of sp³-hybridized carbons (Fsp3) is 0.381. The highest BCUT2D eigenvalue weighted by atomic mass is 32.1. The van der Waals surface area contributed by atoms with Crippen molar-refractivity contribution < 1.29 is 4.39 Å². The molecule has 3 heterocycles. The molecular weight excluding hydrogens is 387 g/mol. The lowest BCUT2D eigenvalue weighted by Crippen LogP contribution is -2.46. The van der Waals surface area contributed by atoms with E-state index in [-0.39, 0.29) is 5.82 Å². The Balaban J connectivity index is 1.11. The highest BCUT2D eigenvalue weighted by Crippen LogP contribution is 2.30. The molecule has 1 aliphatic heterocycles. The van der Waals surface area contributed by atoms with Crippen molar-refractivity contribution in [2.75, 3.05) is 37.6 Å². The SMILES string of the molecule is Fc1ccc2c(N3CCN(CCCCn4nnc5ccccc54)CC3)nsc2c1. The van der Waals surface area contributed by atoms with Gasteiger partial charge in [-0.15, -0.1) is 5.10 Å². The number of benzene rings is 2. The molecule has 6 nitrogen and oxygen atoms in total. The summed E-state index contributed by atoms with van der Waals surface area (Å²) >= 11 is 1.38. The van der Waals surface area contributed by atoms with Gasteiger partial charge in [-0.3, -0.25) is 4.90 Å². The van der Waals surface area contributed by atoms with E-state index >= 15 is 0 Å². The molecule has 0 unspecified atom stereocenters. The second-order valence-corrected chi connectivity index (χ2v) is 8.29. The van der Waals surface area contributed by atoms with Gasteiger partial charge in [-0.2, -0.15) is 4.37 Å². The minimum absolute atomic E-state index is 0.198. The first-order chi connectivity index (χ1) is 14.3. The largest absolute Gasteiger partial charge is 0.353 e. The van der Waals surface area contributed by atoms with Gasteiger partial charge in [-0.05, 0) is 61.3 Å². The Hall–Kier alpha value is -2.58. The van der Waals surface area contributed by atoms with Crippen LogP contribution in [0.4, 0.5) is 10.2 Å². The normalized spacial score (nSPS) is 15.6. The number of nitrogens with zero attached hydrogens (tertiary/aromatic N) is 6. The molecule has 0 aliphatic carbocycles. The zero-order chi connectivity index (χ0) is 19.6. The second kappa shape index (κ2) is 8.04. The third kappa shape index (κ3) is 3.82. The van der Waals surface area contributed by atoms with Crippen molar-refractivity contribution in [3.8, 4) is 0 Å². The second-order valence-electron chi connectivity index (χ2n) is 7.48. The lowest BCUT2D eigenvalue weighted by atomic mass is 10.2. The molecular formula is C21H23FN6S. The molecule has 0 amide bonds. The fourth-order valence-electron chi connectivity index (χ4n) is 3.99. The van der Waals surface area contributed by atoms with Crippen LogP contribution in [0.15, 0.2) is 42.5 Å². The summed E-state index contributed by atoms with van der Waals surface area (Å²) in [6, 6.07) is 13.0. The van der Waals surface area contributed by atoms with Crippen molar-refractivity contribution in [3.05, 3.63) is 48.3 Å². The van der Waals surface area contributed by atoms with Crippen LogP contribution in [-0.4, -0.2) is 57.0 Å². The van der Waals surface area contributed by atoms with Gasteiger partial charge in [-0.1, -0.05) is 17.3 Å². The first-order valence-corrected chi connectivity index (χ1v) is 10.9. The third-order valence-corrected chi connectivity index (χ3v) is 6.40. The number of fused-ring (bicyclic) bond motifs is 2. The summed E-state index contributed by atoms with van der Waals surface area (Å²) in [5.74, 6) is 0.805. The minimum atomic E-state index is -0.198. The summed E-state index contributed by atoms with van der Waals surface area (Å²) < 4.78 is 20.9. The van der Waals surface area contributed by atoms with Crippen LogP contribution in [0.5, 0.6) is 0 Å². The molecule has 1 fully saturated rings. The number of hydrogen-bond acceptors (Lipinski definition) is 6. The van der Waals surface area contributed by atoms with Gasteiger partial charge in [0.2, 0.25) is 0 Å². The summed E-state index contributed by atoms with van der Waals surface area (Å²) in [6.45, 7) is 6.00. The smallest absolute Gasteiger partial charge is 0.150 e. The van der Waals surface area contributed by atoms with E-state index in [9.17, 15) is 4.39 Å². The van der Waals surface area contributed by atoms with Crippen LogP contribution in [0, 0.1) is 5.82 Å². The Morgan fingerprint density at radius 3 is 2.69 bits per heavy atom. The zero-order valence-electron chi connectivity index (χ0n) is 16.2. The van der Waals surface area contributed by atoms with Crippen LogP contribution >= 0.6 is 11.5 Å². The van der Waals surface area contributed by atoms with Gasteiger partial charge in [0.1, 0.15) is 17.2 Å². The number of piperazine rings is 1. The maximum atomic E-state index is 13.4. The van der Waals surface area contributed by atoms with E-state index in [1.807, 2.05) is 28.9 Å². The van der Waals surface area contributed by atoms with E-state index < -0.39 is 0 Å². The Labute approximate surface area is 172 Å². The van der Waals surface area contributed by atoms with E-state index in [1.54, 1.807) is 6.07 Å². The topological polar surface area (TPSA) is 50.1 Å². The van der Waals surface area contributed by atoms with Crippen molar-refractivity contribution in [2.24, 2.45) is 0 Å². The first-order valence-electron chi connectivity index (χ1n) is 10.1. The quantitative estimate of drug-likeness (QED) is 0.453. The Kier molecular flexibility index (Phi) is 5.12. The number of halogens is 1. The molecule has 2 aromatic heterocycles. The van der Waals surface area contributed by atoms with Gasteiger partial charge in [0.15, 0.2) is 0 Å². The predicted molar refractivity (Wildman–Crippen MR) is 115 cm³/mol. The molecule has 1 saturated heterocycles. The average molecular weight is 411 g/mol. The number of hydrogen-bond donors (Lipinski definition) is 0. The van der Waals surface area contributed by atoms with E-state index in [1.165, 1.54) is 17.6 Å². The Morgan fingerprint density at radius 2 is 1.79 bits per heavy atom. The number of anilines is 1. The number of para-hydroxylation sites is 1. The molecule has 4 aromatic rings. The minimum Gasteiger partial charge on any atom is -0.353 e. The lowest BCUT2D eigenvalue weighted by molar-refractivity contribution is 0.250. The van der Waals surface area contributed by atoms with E-state index in [2.05, 4.69) is 30.6 Å². The van der Waals surface area contributed by atoms with Crippen LogP contribution in [0.2, 0.25) is 0 Å². The van der Waals surface area contributed by atoms with Gasteiger partial charge in [0.05, 0.1) is 10.2 Å². The summed E-state index contributed by atoms with van der Waals surface area (Å²) in [7, 11) is 0. The summed E-state index contributed by atoms with van der Waals surface area (Å²) in [5.41, 5.74) is 2.07. The highest BCUT2D eigenvalue weighted by Gasteiger charge is 2.20. The maximum absolute atomic E-state index is 13.4. The molecule has 0 saturated carbocycles. The third-order valence-electron chi connectivity index (χ3n) is 5.60. The average Bonchev–Trinajstić information content (AvgIpc) is 3.35. The van der Waals surface area contributed by atoms with Gasteiger partial charge >= 0.3 is 0 Å². The predicted octanol–water partition coefficient (Wildman–Crippen LogP) is 3.78. The molecule has 0 bridgehead atoms. The van der Waals surface area contributed by atoms with Crippen LogP contribution < -0.4 is 4.90 Å². The van der Waals surface area contributed by atoms with E-state index in [0.29, 0.717) is 0 Å². The monoisotopic (exact) mass is 410 g/mol. The number of aryl methyl sites for hydroxylation is 1. The van der Waals surface area contributed by atoms with Crippen molar-refractivity contribution in [2.45, 2.75) is 19.4 Å². The molecule has 0 atom stereocenters. The molecule has 0 radical (unpaired) electrons. The molecule has 8 heteroatoms. The molecule has 0 spiro atoms. The molecule has 5 rings (SSSR count). The van der Waals surface area contributed by atoms with Crippen LogP contribution in [0.1, 0.15) is 12.8 Å². The zero-order valence-corrected chi connectivity index (χ0v) is 17.0. The summed E-state index contributed by atoms with van der Waals surface area (Å²) in [5, 5.41) is 9.54. The molecule has 2 aromatic carbocycles. The van der Waals surface area contributed by atoms with Gasteiger partial charge < -0.3 is 4.90 Å². The fourth-order valence-corrected chi connectivity index (χ4v) is 4.81. The Morgan fingerprint density at radius 1 is 0.966 bits per heavy atom. The summed E-state index contributed by atoms with van der Waals surface area (Å²) in [6.07, 6.45) is 2.24. The van der Waals surface area contributed by atoms with Crippen molar-refractivity contribution >= 4 is 38.5 Å². The molecule has 0 N–H and O–H groups in total. The first kappa shape index (κ1) is 18.4. The van der Waals surface area contributed by atoms with E-state index in [0.717, 1.165) is 79.0 Å². The number of rotatable bonds is 6. The number of unbranched alkanes of at least 4 members (excludes halogenated alkanes) is 1. The van der Waals surface area contributed by atoms with Crippen molar-refractivity contribution in [1.29, 1.82) is 0 Å². The molecule has 1 aliphatic rings. The molecule has 150 valence electrons. The van der Waals surface area contributed by atoms with Gasteiger partial charge in [-0.25, -0.2) is 9.07 Å². The highest BCUT2D eigenvalue weighted by molar-refractivity contribution is 7.13. The Bertz CT molecular complexity index is 1110. The van der Waals surface area contributed by atoms with Crippen LogP contribution in [0.25, 0.3) is 21.1 Å². The van der Waals surface area contributed by atoms with Crippen LogP contribution in [-0.2, 0) is 6.54 Å². The lowest BCUT2D eigenvalue weighted by Gasteiger charge is -2.35. The maximum Gasteiger partial charge on any atom is 0.150 e. The van der Waals surface area contributed by atoms with Crippen LogP contribution in [0.3, 0.4) is 0 Å². The number of aromatic nitrogens is 4.